The first-order chi connectivity index (χ1) is 13.2. The third-order valence-corrected chi connectivity index (χ3v) is 4.59. The first-order valence-electron chi connectivity index (χ1n) is 8.65. The van der Waals surface area contributed by atoms with Crippen LogP contribution in [-0.4, -0.2) is 54.5 Å². The molecule has 9 heteroatoms. The van der Waals surface area contributed by atoms with E-state index in [1.54, 1.807) is 35.2 Å². The lowest BCUT2D eigenvalue weighted by atomic mass is 10.0. The number of anilines is 1. The van der Waals surface area contributed by atoms with Gasteiger partial charge in [0, 0.05) is 5.56 Å². The molecule has 3 atom stereocenters. The van der Waals surface area contributed by atoms with Gasteiger partial charge in [-0.05, 0) is 25.0 Å². The van der Waals surface area contributed by atoms with Gasteiger partial charge in [-0.25, -0.2) is 15.0 Å². The Morgan fingerprint density at radius 1 is 1.22 bits per heavy atom. The molecule has 3 aromatic rings. The van der Waals surface area contributed by atoms with Crippen molar-refractivity contribution in [2.24, 2.45) is 0 Å². The number of imidazole rings is 1. The number of aliphatic hydroxyl groups is 2. The maximum atomic E-state index is 12.4. The minimum atomic E-state index is -0.698. The monoisotopic (exact) mass is 369 g/mol. The van der Waals surface area contributed by atoms with Gasteiger partial charge < -0.3 is 20.3 Å². The van der Waals surface area contributed by atoms with Gasteiger partial charge in [0.05, 0.1) is 19.0 Å². The number of ether oxygens (including phenoxy) is 1. The zero-order valence-corrected chi connectivity index (χ0v) is 14.4. The summed E-state index contributed by atoms with van der Waals surface area (Å²) in [6.45, 7) is -0.266. The summed E-state index contributed by atoms with van der Waals surface area (Å²) in [6, 6.07) is 8.82. The van der Waals surface area contributed by atoms with Crippen molar-refractivity contribution in [2.75, 3.05) is 11.9 Å². The van der Waals surface area contributed by atoms with Gasteiger partial charge in [0.1, 0.15) is 18.7 Å². The van der Waals surface area contributed by atoms with Crippen LogP contribution in [0.1, 0.15) is 29.4 Å². The Kier molecular flexibility index (Phi) is 4.80. The van der Waals surface area contributed by atoms with Gasteiger partial charge in [0.2, 0.25) is 0 Å². The first kappa shape index (κ1) is 17.5. The molecule has 1 amide bonds. The minimum absolute atomic E-state index is 0.266. The smallest absolute Gasteiger partial charge is 0.256 e. The Morgan fingerprint density at radius 2 is 2.04 bits per heavy atom. The lowest BCUT2D eigenvalue weighted by Gasteiger charge is -2.33. The van der Waals surface area contributed by atoms with E-state index in [4.69, 9.17) is 4.74 Å². The average molecular weight is 369 g/mol. The molecule has 2 aromatic heterocycles. The highest BCUT2D eigenvalue weighted by molar-refractivity contribution is 6.06. The summed E-state index contributed by atoms with van der Waals surface area (Å²) >= 11 is 0. The molecule has 1 aliphatic heterocycles. The fourth-order valence-electron chi connectivity index (χ4n) is 3.15. The van der Waals surface area contributed by atoms with E-state index in [9.17, 15) is 15.0 Å². The van der Waals surface area contributed by atoms with Crippen molar-refractivity contribution in [2.45, 2.75) is 31.3 Å². The third-order valence-electron chi connectivity index (χ3n) is 4.59. The molecule has 0 spiro atoms. The quantitative estimate of drug-likeness (QED) is 0.629. The molecule has 1 saturated heterocycles. The number of amides is 1. The van der Waals surface area contributed by atoms with Crippen molar-refractivity contribution in [1.29, 1.82) is 0 Å². The predicted molar refractivity (Wildman–Crippen MR) is 96.0 cm³/mol. The number of hydrogen-bond donors (Lipinski definition) is 3. The molecule has 4 rings (SSSR count). The van der Waals surface area contributed by atoms with Crippen LogP contribution in [0.5, 0.6) is 0 Å². The summed E-state index contributed by atoms with van der Waals surface area (Å²) in [7, 11) is 0. The second-order valence-corrected chi connectivity index (χ2v) is 6.32. The number of nitrogens with zero attached hydrogens (tertiary/aromatic N) is 4. The van der Waals surface area contributed by atoms with Gasteiger partial charge in [-0.1, -0.05) is 18.2 Å². The van der Waals surface area contributed by atoms with Crippen molar-refractivity contribution in [1.82, 2.24) is 19.5 Å². The number of carbonyl (C=O) groups excluding carboxylic acids is 1. The number of rotatable bonds is 4. The maximum absolute atomic E-state index is 12.4. The lowest BCUT2D eigenvalue weighted by molar-refractivity contribution is -0.158. The molecular formula is C18H19N5O4. The van der Waals surface area contributed by atoms with Gasteiger partial charge >= 0.3 is 0 Å². The van der Waals surface area contributed by atoms with Crippen LogP contribution in [-0.2, 0) is 4.74 Å². The normalized spacial score (nSPS) is 22.7. The highest BCUT2D eigenvalue weighted by Gasteiger charge is 2.31. The Hall–Kier alpha value is -2.88. The Morgan fingerprint density at radius 3 is 2.81 bits per heavy atom. The van der Waals surface area contributed by atoms with E-state index in [0.717, 1.165) is 0 Å². The highest BCUT2D eigenvalue weighted by Crippen LogP contribution is 2.30. The summed E-state index contributed by atoms with van der Waals surface area (Å²) < 4.78 is 7.49. The molecular weight excluding hydrogens is 350 g/mol. The van der Waals surface area contributed by atoms with Crippen LogP contribution >= 0.6 is 0 Å². The summed E-state index contributed by atoms with van der Waals surface area (Å²) in [5.41, 5.74) is 1.46. The standard InChI is InChI=1S/C18H19N5O4/c24-8-13-12(25)6-7-14(27-13)23-10-21-15-16(19-9-20-17(15)23)22-18(26)11-4-2-1-3-5-11/h1-5,9-10,12-14,24-25H,6-8H2,(H,19,20,22,26)/t12-,13+,14+/m1/s1. The zero-order chi connectivity index (χ0) is 18.8. The van der Waals surface area contributed by atoms with Gasteiger partial charge in [0.25, 0.3) is 5.91 Å². The largest absolute Gasteiger partial charge is 0.394 e. The predicted octanol–water partition coefficient (Wildman–Crippen LogP) is 1.11. The van der Waals surface area contributed by atoms with Gasteiger partial charge in [0.15, 0.2) is 17.0 Å². The molecule has 27 heavy (non-hydrogen) atoms. The molecule has 1 aromatic carbocycles. The molecule has 1 fully saturated rings. The SMILES string of the molecule is O=C(Nc1ncnc2c1ncn2[C@@H]1CC[C@@H](O)[C@H](CO)O1)c1ccccc1. The van der Waals surface area contributed by atoms with Crippen molar-refractivity contribution >= 4 is 22.9 Å². The highest BCUT2D eigenvalue weighted by atomic mass is 16.5. The van der Waals surface area contributed by atoms with E-state index in [1.807, 2.05) is 6.07 Å². The van der Waals surface area contributed by atoms with Crippen molar-refractivity contribution in [3.8, 4) is 0 Å². The van der Waals surface area contributed by atoms with Crippen molar-refractivity contribution in [3.63, 3.8) is 0 Å². The van der Waals surface area contributed by atoms with Crippen LogP contribution in [0.2, 0.25) is 0 Å². The molecule has 0 radical (unpaired) electrons. The fourth-order valence-corrected chi connectivity index (χ4v) is 3.15. The molecule has 0 bridgehead atoms. The lowest BCUT2D eigenvalue weighted by Crippen LogP contribution is -2.39. The van der Waals surface area contributed by atoms with Crippen LogP contribution in [0.3, 0.4) is 0 Å². The second kappa shape index (κ2) is 7.39. The molecule has 1 aliphatic rings. The first-order valence-corrected chi connectivity index (χ1v) is 8.65. The molecule has 140 valence electrons. The zero-order valence-electron chi connectivity index (χ0n) is 14.4. The summed E-state index contributed by atoms with van der Waals surface area (Å²) in [4.78, 5) is 25.1. The fraction of sp³-hybridized carbons (Fsp3) is 0.333. The number of hydrogen-bond acceptors (Lipinski definition) is 7. The number of fused-ring (bicyclic) bond motifs is 1. The van der Waals surface area contributed by atoms with Crippen LogP contribution in [0, 0.1) is 0 Å². The van der Waals surface area contributed by atoms with Gasteiger partial charge in [-0.3, -0.25) is 9.36 Å². The molecule has 0 unspecified atom stereocenters. The van der Waals surface area contributed by atoms with Crippen LogP contribution in [0.4, 0.5) is 5.82 Å². The molecule has 0 aliphatic carbocycles. The van der Waals surface area contributed by atoms with E-state index in [2.05, 4.69) is 20.3 Å². The van der Waals surface area contributed by atoms with Crippen LogP contribution in [0.25, 0.3) is 11.2 Å². The average Bonchev–Trinajstić information content (AvgIpc) is 3.14. The van der Waals surface area contributed by atoms with E-state index in [-0.39, 0.29) is 12.5 Å². The summed E-state index contributed by atoms with van der Waals surface area (Å²) in [5.74, 6) is 0.0182. The minimum Gasteiger partial charge on any atom is -0.394 e. The Labute approximate surface area is 154 Å². The van der Waals surface area contributed by atoms with Gasteiger partial charge in [-0.2, -0.15) is 0 Å². The molecule has 0 saturated carbocycles. The van der Waals surface area contributed by atoms with Crippen molar-refractivity contribution < 1.29 is 19.7 Å². The number of aliphatic hydroxyl groups excluding tert-OH is 2. The number of carbonyl (C=O) groups is 1. The summed E-state index contributed by atoms with van der Waals surface area (Å²) in [5, 5.41) is 22.0. The van der Waals surface area contributed by atoms with E-state index in [1.165, 1.54) is 6.33 Å². The molecule has 9 nitrogen and oxygen atoms in total. The Balaban J connectivity index is 1.61. The topological polar surface area (TPSA) is 122 Å². The van der Waals surface area contributed by atoms with Crippen LogP contribution in [0.15, 0.2) is 43.0 Å². The maximum Gasteiger partial charge on any atom is 0.256 e. The number of benzene rings is 1. The Bertz CT molecular complexity index is 945. The van der Waals surface area contributed by atoms with E-state index >= 15 is 0 Å². The molecule has 3 N–H and O–H groups in total. The van der Waals surface area contributed by atoms with E-state index < -0.39 is 18.4 Å². The van der Waals surface area contributed by atoms with Crippen LogP contribution < -0.4 is 5.32 Å². The second-order valence-electron chi connectivity index (χ2n) is 6.32. The third kappa shape index (κ3) is 3.39. The van der Waals surface area contributed by atoms with E-state index in [0.29, 0.717) is 35.4 Å². The number of aromatic nitrogens is 4. The van der Waals surface area contributed by atoms with Gasteiger partial charge in [-0.15, -0.1) is 0 Å². The molecule has 3 heterocycles. The number of nitrogens with one attached hydrogen (secondary N) is 1. The van der Waals surface area contributed by atoms with Crippen molar-refractivity contribution in [3.05, 3.63) is 48.5 Å². The summed E-state index contributed by atoms with van der Waals surface area (Å²) in [6.07, 6.45) is 2.20.